The van der Waals surface area contributed by atoms with E-state index in [0.29, 0.717) is 11.1 Å². The third kappa shape index (κ3) is 3.63. The number of carbonyl (C=O) groups is 2. The van der Waals surface area contributed by atoms with Crippen molar-refractivity contribution in [3.63, 3.8) is 0 Å². The first-order valence-corrected chi connectivity index (χ1v) is 6.71. The summed E-state index contributed by atoms with van der Waals surface area (Å²) in [5, 5.41) is 21.2. The number of aliphatic carboxylic acids is 1. The quantitative estimate of drug-likeness (QED) is 0.802. The third-order valence-corrected chi connectivity index (χ3v) is 3.20. The zero-order valence-corrected chi connectivity index (χ0v) is 12.5. The van der Waals surface area contributed by atoms with E-state index in [1.807, 2.05) is 0 Å². The van der Waals surface area contributed by atoms with E-state index in [1.54, 1.807) is 6.07 Å². The van der Waals surface area contributed by atoms with Crippen LogP contribution in [0.25, 0.3) is 11.1 Å². The minimum atomic E-state index is -1.51. The van der Waals surface area contributed by atoms with Gasteiger partial charge in [-0.1, -0.05) is 12.1 Å². The SMILES string of the molecule is CC(C)(NC(=O)c1ncc(-c2cccc(F)c2)cc1O)C(=O)O. The van der Waals surface area contributed by atoms with Crippen LogP contribution >= 0.6 is 0 Å². The van der Waals surface area contributed by atoms with Gasteiger partial charge in [-0.3, -0.25) is 4.79 Å². The second-order valence-corrected chi connectivity index (χ2v) is 5.49. The number of aromatic hydroxyl groups is 1. The van der Waals surface area contributed by atoms with Crippen molar-refractivity contribution in [1.29, 1.82) is 0 Å². The zero-order chi connectivity index (χ0) is 17.2. The summed E-state index contributed by atoms with van der Waals surface area (Å²) < 4.78 is 13.2. The van der Waals surface area contributed by atoms with Gasteiger partial charge in [0.2, 0.25) is 0 Å². The second-order valence-electron chi connectivity index (χ2n) is 5.49. The molecule has 1 aromatic heterocycles. The Labute approximate surface area is 131 Å². The largest absolute Gasteiger partial charge is 0.505 e. The van der Waals surface area contributed by atoms with E-state index in [1.165, 1.54) is 44.3 Å². The van der Waals surface area contributed by atoms with E-state index in [4.69, 9.17) is 5.11 Å². The lowest BCUT2D eigenvalue weighted by atomic mass is 10.0. The van der Waals surface area contributed by atoms with Crippen molar-refractivity contribution >= 4 is 11.9 Å². The van der Waals surface area contributed by atoms with E-state index in [-0.39, 0.29) is 5.69 Å². The van der Waals surface area contributed by atoms with Gasteiger partial charge in [0.1, 0.15) is 17.1 Å². The lowest BCUT2D eigenvalue weighted by molar-refractivity contribution is -0.143. The van der Waals surface area contributed by atoms with E-state index < -0.39 is 29.0 Å². The molecule has 0 atom stereocenters. The molecular weight excluding hydrogens is 303 g/mol. The van der Waals surface area contributed by atoms with Crippen molar-refractivity contribution in [3.8, 4) is 16.9 Å². The van der Waals surface area contributed by atoms with Crippen molar-refractivity contribution in [2.45, 2.75) is 19.4 Å². The molecule has 0 aliphatic heterocycles. The molecule has 6 nitrogen and oxygen atoms in total. The number of nitrogens with one attached hydrogen (secondary N) is 1. The number of amides is 1. The molecule has 0 radical (unpaired) electrons. The Morgan fingerprint density at radius 2 is 1.91 bits per heavy atom. The molecule has 0 fully saturated rings. The predicted octanol–water partition coefficient (Wildman–Crippen LogP) is 2.19. The number of carboxylic acid groups (broad SMARTS) is 1. The Morgan fingerprint density at radius 3 is 2.48 bits per heavy atom. The maximum absolute atomic E-state index is 13.2. The molecule has 120 valence electrons. The zero-order valence-electron chi connectivity index (χ0n) is 12.5. The molecule has 0 saturated heterocycles. The average Bonchev–Trinajstić information content (AvgIpc) is 2.46. The number of aromatic nitrogens is 1. The van der Waals surface area contributed by atoms with Crippen LogP contribution in [0, 0.1) is 5.82 Å². The molecule has 1 heterocycles. The Bertz CT molecular complexity index is 774. The highest BCUT2D eigenvalue weighted by Gasteiger charge is 2.30. The predicted molar refractivity (Wildman–Crippen MR) is 80.5 cm³/mol. The molecule has 23 heavy (non-hydrogen) atoms. The van der Waals surface area contributed by atoms with Crippen LogP contribution in [-0.2, 0) is 4.79 Å². The highest BCUT2D eigenvalue weighted by atomic mass is 19.1. The maximum Gasteiger partial charge on any atom is 0.328 e. The summed E-state index contributed by atoms with van der Waals surface area (Å²) in [5.74, 6) is -2.90. The van der Waals surface area contributed by atoms with Gasteiger partial charge in [-0.25, -0.2) is 14.2 Å². The van der Waals surface area contributed by atoms with E-state index >= 15 is 0 Å². The number of hydrogen-bond donors (Lipinski definition) is 3. The van der Waals surface area contributed by atoms with Gasteiger partial charge in [0.15, 0.2) is 5.69 Å². The number of rotatable bonds is 4. The van der Waals surface area contributed by atoms with Crippen LogP contribution in [0.3, 0.4) is 0 Å². The number of carboxylic acids is 1. The van der Waals surface area contributed by atoms with Gasteiger partial charge in [0.25, 0.3) is 5.91 Å². The smallest absolute Gasteiger partial charge is 0.328 e. The fourth-order valence-corrected chi connectivity index (χ4v) is 1.85. The Balaban J connectivity index is 2.29. The van der Waals surface area contributed by atoms with Crippen molar-refractivity contribution in [1.82, 2.24) is 10.3 Å². The van der Waals surface area contributed by atoms with Crippen LogP contribution in [-0.4, -0.2) is 32.6 Å². The summed E-state index contributed by atoms with van der Waals surface area (Å²) in [6.45, 7) is 2.62. The molecule has 2 aromatic rings. The minimum Gasteiger partial charge on any atom is -0.505 e. The van der Waals surface area contributed by atoms with Crippen LogP contribution in [0.5, 0.6) is 5.75 Å². The number of nitrogens with zero attached hydrogens (tertiary/aromatic N) is 1. The number of carbonyl (C=O) groups excluding carboxylic acids is 1. The average molecular weight is 318 g/mol. The molecule has 3 N–H and O–H groups in total. The van der Waals surface area contributed by atoms with Crippen molar-refractivity contribution in [2.75, 3.05) is 0 Å². The Hall–Kier alpha value is -2.96. The molecular formula is C16H15FN2O4. The molecule has 0 aliphatic carbocycles. The molecule has 7 heteroatoms. The normalized spacial score (nSPS) is 11.1. The van der Waals surface area contributed by atoms with E-state index in [0.717, 1.165) is 0 Å². The lowest BCUT2D eigenvalue weighted by Gasteiger charge is -2.20. The number of pyridine rings is 1. The summed E-state index contributed by atoms with van der Waals surface area (Å²) in [6, 6.07) is 6.96. The molecule has 0 saturated carbocycles. The standard InChI is InChI=1S/C16H15FN2O4/c1-16(2,15(22)23)19-14(21)13-12(20)7-10(8-18-13)9-4-3-5-11(17)6-9/h3-8,20H,1-2H3,(H,19,21)(H,22,23). The van der Waals surface area contributed by atoms with Gasteiger partial charge in [0.05, 0.1) is 0 Å². The highest BCUT2D eigenvalue weighted by Crippen LogP contribution is 2.25. The molecule has 1 amide bonds. The summed E-state index contributed by atoms with van der Waals surface area (Å²) in [7, 11) is 0. The highest BCUT2D eigenvalue weighted by molar-refractivity contribution is 5.98. The van der Waals surface area contributed by atoms with Gasteiger partial charge in [-0.05, 0) is 37.6 Å². The van der Waals surface area contributed by atoms with Crippen molar-refractivity contribution < 1.29 is 24.2 Å². The molecule has 1 aromatic carbocycles. The van der Waals surface area contributed by atoms with Crippen molar-refractivity contribution in [3.05, 3.63) is 48.0 Å². The number of benzene rings is 1. The Kier molecular flexibility index (Phi) is 4.31. The van der Waals surface area contributed by atoms with Gasteiger partial charge in [-0.2, -0.15) is 0 Å². The fourth-order valence-electron chi connectivity index (χ4n) is 1.85. The van der Waals surface area contributed by atoms with Crippen molar-refractivity contribution in [2.24, 2.45) is 0 Å². The molecule has 0 aliphatic rings. The number of hydrogen-bond acceptors (Lipinski definition) is 4. The maximum atomic E-state index is 13.2. The summed E-state index contributed by atoms with van der Waals surface area (Å²) >= 11 is 0. The fraction of sp³-hybridized carbons (Fsp3) is 0.188. The van der Waals surface area contributed by atoms with Crippen LogP contribution in [0.2, 0.25) is 0 Å². The summed E-state index contributed by atoms with van der Waals surface area (Å²) in [4.78, 5) is 26.9. The summed E-state index contributed by atoms with van der Waals surface area (Å²) in [6.07, 6.45) is 1.30. The van der Waals surface area contributed by atoms with Crippen LogP contribution in [0.15, 0.2) is 36.5 Å². The topological polar surface area (TPSA) is 99.5 Å². The first-order chi connectivity index (χ1) is 10.7. The first-order valence-electron chi connectivity index (χ1n) is 6.71. The van der Waals surface area contributed by atoms with Gasteiger partial charge < -0.3 is 15.5 Å². The van der Waals surface area contributed by atoms with E-state index in [9.17, 15) is 19.1 Å². The molecule has 0 unspecified atom stereocenters. The van der Waals surface area contributed by atoms with Gasteiger partial charge in [0, 0.05) is 11.8 Å². The first kappa shape index (κ1) is 16.4. The minimum absolute atomic E-state index is 0.306. The summed E-state index contributed by atoms with van der Waals surface area (Å²) in [5.41, 5.74) is -0.895. The molecule has 0 bridgehead atoms. The molecule has 2 rings (SSSR count). The third-order valence-electron chi connectivity index (χ3n) is 3.20. The number of halogens is 1. The van der Waals surface area contributed by atoms with Crippen LogP contribution in [0.1, 0.15) is 24.3 Å². The van der Waals surface area contributed by atoms with Gasteiger partial charge in [-0.15, -0.1) is 0 Å². The van der Waals surface area contributed by atoms with Crippen LogP contribution in [0.4, 0.5) is 4.39 Å². The van der Waals surface area contributed by atoms with Gasteiger partial charge >= 0.3 is 5.97 Å². The monoisotopic (exact) mass is 318 g/mol. The Morgan fingerprint density at radius 1 is 1.22 bits per heavy atom. The molecule has 0 spiro atoms. The second kappa shape index (κ2) is 6.04. The van der Waals surface area contributed by atoms with E-state index in [2.05, 4.69) is 10.3 Å². The van der Waals surface area contributed by atoms with Crippen LogP contribution < -0.4 is 5.32 Å². The lowest BCUT2D eigenvalue weighted by Crippen LogP contribution is -2.49.